The Morgan fingerprint density at radius 1 is 1.43 bits per heavy atom. The van der Waals surface area contributed by atoms with Crippen molar-refractivity contribution in [3.63, 3.8) is 0 Å². The summed E-state index contributed by atoms with van der Waals surface area (Å²) in [5.41, 5.74) is 2.25. The van der Waals surface area contributed by atoms with Crippen molar-refractivity contribution >= 4 is 23.1 Å². The number of anilines is 1. The van der Waals surface area contributed by atoms with Crippen molar-refractivity contribution in [1.82, 2.24) is 10.3 Å². The minimum Gasteiger partial charge on any atom is -0.380 e. The lowest BCUT2D eigenvalue weighted by Gasteiger charge is -2.27. The van der Waals surface area contributed by atoms with E-state index in [2.05, 4.69) is 15.6 Å². The Labute approximate surface area is 141 Å². The van der Waals surface area contributed by atoms with Crippen LogP contribution in [0, 0.1) is 6.92 Å². The molecule has 0 fully saturated rings. The molecule has 2 amide bonds. The minimum atomic E-state index is -0.479. The van der Waals surface area contributed by atoms with Crippen LogP contribution in [-0.2, 0) is 16.9 Å². The summed E-state index contributed by atoms with van der Waals surface area (Å²) in [7, 11) is 1.65. The number of rotatable bonds is 6. The van der Waals surface area contributed by atoms with E-state index in [1.54, 1.807) is 18.4 Å². The summed E-state index contributed by atoms with van der Waals surface area (Å²) in [4.78, 5) is 16.9. The van der Waals surface area contributed by atoms with Gasteiger partial charge in [0, 0.05) is 23.9 Å². The van der Waals surface area contributed by atoms with Crippen LogP contribution < -0.4 is 10.6 Å². The molecule has 2 aromatic rings. The number of aromatic nitrogens is 1. The molecular formula is C17H23N3O2S. The van der Waals surface area contributed by atoms with Gasteiger partial charge in [0.2, 0.25) is 0 Å². The van der Waals surface area contributed by atoms with E-state index in [9.17, 15) is 4.79 Å². The SMILES string of the molecule is CC[C@@](C)(NC(=O)Nc1cccc(COC)c1)c1nc(C)cs1. The maximum absolute atomic E-state index is 12.4. The maximum atomic E-state index is 12.4. The van der Waals surface area contributed by atoms with Crippen LogP contribution >= 0.6 is 11.3 Å². The van der Waals surface area contributed by atoms with Crippen molar-refractivity contribution in [2.24, 2.45) is 0 Å². The van der Waals surface area contributed by atoms with Crippen LogP contribution in [0.4, 0.5) is 10.5 Å². The molecule has 0 aliphatic carbocycles. The van der Waals surface area contributed by atoms with Gasteiger partial charge in [-0.3, -0.25) is 0 Å². The third-order valence-corrected chi connectivity index (χ3v) is 4.91. The van der Waals surface area contributed by atoms with Crippen LogP contribution in [0.2, 0.25) is 0 Å². The Morgan fingerprint density at radius 3 is 2.83 bits per heavy atom. The quantitative estimate of drug-likeness (QED) is 0.838. The van der Waals surface area contributed by atoms with Crippen LogP contribution in [-0.4, -0.2) is 18.1 Å². The van der Waals surface area contributed by atoms with Crippen molar-refractivity contribution in [3.05, 3.63) is 45.9 Å². The zero-order valence-electron chi connectivity index (χ0n) is 14.0. The fraction of sp³-hybridized carbons (Fsp3) is 0.412. The number of benzene rings is 1. The number of hydrogen-bond acceptors (Lipinski definition) is 4. The number of carbonyl (C=O) groups is 1. The molecule has 0 saturated carbocycles. The molecule has 1 atom stereocenters. The molecule has 0 radical (unpaired) electrons. The summed E-state index contributed by atoms with van der Waals surface area (Å²) in [6.45, 7) is 6.50. The van der Waals surface area contributed by atoms with Gasteiger partial charge in [0.25, 0.3) is 0 Å². The lowest BCUT2D eigenvalue weighted by Crippen LogP contribution is -2.45. The van der Waals surface area contributed by atoms with Gasteiger partial charge in [-0.2, -0.15) is 0 Å². The Kier molecular flexibility index (Phi) is 5.74. The summed E-state index contributed by atoms with van der Waals surface area (Å²) < 4.78 is 5.11. The first kappa shape index (κ1) is 17.4. The van der Waals surface area contributed by atoms with E-state index >= 15 is 0 Å². The summed E-state index contributed by atoms with van der Waals surface area (Å²) in [6, 6.07) is 7.38. The second-order valence-corrected chi connectivity index (χ2v) is 6.55. The number of aryl methyl sites for hydroxylation is 1. The average Bonchev–Trinajstić information content (AvgIpc) is 2.95. The van der Waals surface area contributed by atoms with Gasteiger partial charge >= 0.3 is 6.03 Å². The van der Waals surface area contributed by atoms with E-state index in [1.165, 1.54) is 0 Å². The largest absolute Gasteiger partial charge is 0.380 e. The van der Waals surface area contributed by atoms with Crippen LogP contribution in [0.5, 0.6) is 0 Å². The smallest absolute Gasteiger partial charge is 0.320 e. The number of amides is 2. The van der Waals surface area contributed by atoms with E-state index < -0.39 is 5.54 Å². The number of methoxy groups -OCH3 is 1. The lowest BCUT2D eigenvalue weighted by atomic mass is 10.0. The van der Waals surface area contributed by atoms with Crippen molar-refractivity contribution in [2.75, 3.05) is 12.4 Å². The fourth-order valence-corrected chi connectivity index (χ4v) is 3.21. The van der Waals surface area contributed by atoms with Crippen LogP contribution in [0.3, 0.4) is 0 Å². The second kappa shape index (κ2) is 7.57. The fourth-order valence-electron chi connectivity index (χ4n) is 2.22. The molecule has 0 saturated heterocycles. The molecule has 1 aromatic heterocycles. The zero-order chi connectivity index (χ0) is 16.9. The highest BCUT2D eigenvalue weighted by Crippen LogP contribution is 2.27. The van der Waals surface area contributed by atoms with Crippen LogP contribution in [0.25, 0.3) is 0 Å². The number of ether oxygens (including phenoxy) is 1. The third kappa shape index (κ3) is 4.53. The molecule has 23 heavy (non-hydrogen) atoms. The molecule has 6 heteroatoms. The molecular weight excluding hydrogens is 310 g/mol. The number of nitrogens with zero attached hydrogens (tertiary/aromatic N) is 1. The predicted octanol–water partition coefficient (Wildman–Crippen LogP) is 4.04. The summed E-state index contributed by atoms with van der Waals surface area (Å²) in [5, 5.41) is 8.83. The minimum absolute atomic E-state index is 0.239. The van der Waals surface area contributed by atoms with Gasteiger partial charge in [0.05, 0.1) is 12.1 Å². The number of carbonyl (C=O) groups excluding carboxylic acids is 1. The molecule has 2 N–H and O–H groups in total. The van der Waals surface area contributed by atoms with Gasteiger partial charge in [-0.05, 0) is 38.0 Å². The van der Waals surface area contributed by atoms with Crippen LogP contribution in [0.15, 0.2) is 29.6 Å². The van der Waals surface area contributed by atoms with Gasteiger partial charge < -0.3 is 15.4 Å². The van der Waals surface area contributed by atoms with E-state index in [-0.39, 0.29) is 6.03 Å². The van der Waals surface area contributed by atoms with E-state index in [4.69, 9.17) is 4.74 Å². The molecule has 124 valence electrons. The summed E-state index contributed by atoms with van der Waals surface area (Å²) in [6.07, 6.45) is 0.761. The summed E-state index contributed by atoms with van der Waals surface area (Å²) >= 11 is 1.57. The molecule has 2 rings (SSSR count). The second-order valence-electron chi connectivity index (χ2n) is 5.69. The average molecular weight is 333 g/mol. The molecule has 1 heterocycles. The number of thiazole rings is 1. The third-order valence-electron chi connectivity index (χ3n) is 3.68. The molecule has 0 aliphatic heterocycles. The first-order valence-electron chi connectivity index (χ1n) is 7.56. The highest BCUT2D eigenvalue weighted by Gasteiger charge is 2.29. The Balaban J connectivity index is 2.07. The maximum Gasteiger partial charge on any atom is 0.320 e. The molecule has 0 bridgehead atoms. The molecule has 0 aliphatic rings. The molecule has 1 aromatic carbocycles. The van der Waals surface area contributed by atoms with Gasteiger partial charge in [0.15, 0.2) is 0 Å². The Bertz CT molecular complexity index is 671. The van der Waals surface area contributed by atoms with Crippen molar-refractivity contribution in [2.45, 2.75) is 39.3 Å². The normalized spacial score (nSPS) is 13.4. The van der Waals surface area contributed by atoms with Crippen molar-refractivity contribution in [1.29, 1.82) is 0 Å². The van der Waals surface area contributed by atoms with Gasteiger partial charge in [0.1, 0.15) is 5.01 Å². The van der Waals surface area contributed by atoms with Crippen molar-refractivity contribution < 1.29 is 9.53 Å². The number of nitrogens with one attached hydrogen (secondary N) is 2. The van der Waals surface area contributed by atoms with E-state index in [0.29, 0.717) is 6.61 Å². The monoisotopic (exact) mass is 333 g/mol. The number of hydrogen-bond donors (Lipinski definition) is 2. The molecule has 0 unspecified atom stereocenters. The van der Waals surface area contributed by atoms with Gasteiger partial charge in [-0.25, -0.2) is 9.78 Å². The van der Waals surface area contributed by atoms with Crippen LogP contribution in [0.1, 0.15) is 36.5 Å². The molecule has 5 nitrogen and oxygen atoms in total. The first-order valence-corrected chi connectivity index (χ1v) is 8.44. The Hall–Kier alpha value is -1.92. The summed E-state index contributed by atoms with van der Waals surface area (Å²) in [5.74, 6) is 0. The predicted molar refractivity (Wildman–Crippen MR) is 93.8 cm³/mol. The first-order chi connectivity index (χ1) is 11.0. The highest BCUT2D eigenvalue weighted by atomic mass is 32.1. The number of urea groups is 1. The van der Waals surface area contributed by atoms with Gasteiger partial charge in [-0.15, -0.1) is 11.3 Å². The standard InChI is InChI=1S/C17H23N3O2S/c1-5-17(3,15-18-12(2)11-23-15)20-16(21)19-14-8-6-7-13(9-14)10-22-4/h6-9,11H,5,10H2,1-4H3,(H2,19,20,21)/t17-/m1/s1. The Morgan fingerprint density at radius 2 is 2.22 bits per heavy atom. The van der Waals surface area contributed by atoms with E-state index in [0.717, 1.165) is 28.4 Å². The van der Waals surface area contributed by atoms with E-state index in [1.807, 2.05) is 50.4 Å². The zero-order valence-corrected chi connectivity index (χ0v) is 14.8. The van der Waals surface area contributed by atoms with Gasteiger partial charge in [-0.1, -0.05) is 19.1 Å². The molecule has 0 spiro atoms. The lowest BCUT2D eigenvalue weighted by molar-refractivity contribution is 0.185. The van der Waals surface area contributed by atoms with Crippen molar-refractivity contribution in [3.8, 4) is 0 Å². The highest BCUT2D eigenvalue weighted by molar-refractivity contribution is 7.09. The topological polar surface area (TPSA) is 63.2 Å².